The molecule has 98 valence electrons. The minimum absolute atomic E-state index is 0.250. The first-order valence-corrected chi connectivity index (χ1v) is 6.70. The normalized spacial score (nSPS) is 29.5. The van der Waals surface area contributed by atoms with E-state index in [2.05, 4.69) is 19.2 Å². The fraction of sp³-hybridized carbons (Fsp3) is 0.786. The molecule has 1 N–H and O–H groups in total. The zero-order valence-electron chi connectivity index (χ0n) is 11.2. The van der Waals surface area contributed by atoms with Gasteiger partial charge in [0.05, 0.1) is 6.61 Å². The summed E-state index contributed by atoms with van der Waals surface area (Å²) in [7, 11) is 0. The van der Waals surface area contributed by atoms with Gasteiger partial charge in [0.15, 0.2) is 0 Å². The van der Waals surface area contributed by atoms with Crippen molar-refractivity contribution in [3.05, 3.63) is 12.2 Å². The maximum Gasteiger partial charge on any atom is 0.330 e. The maximum absolute atomic E-state index is 11.1. The molecule has 0 bridgehead atoms. The van der Waals surface area contributed by atoms with Crippen LogP contribution in [-0.4, -0.2) is 25.2 Å². The molecular weight excluding hydrogens is 214 g/mol. The molecule has 1 fully saturated rings. The van der Waals surface area contributed by atoms with Gasteiger partial charge in [-0.25, -0.2) is 4.79 Å². The molecule has 0 saturated heterocycles. The monoisotopic (exact) mass is 239 g/mol. The van der Waals surface area contributed by atoms with Gasteiger partial charge in [-0.05, 0) is 38.0 Å². The van der Waals surface area contributed by atoms with Crippen molar-refractivity contribution in [2.24, 2.45) is 11.8 Å². The minimum Gasteiger partial charge on any atom is -0.463 e. The van der Waals surface area contributed by atoms with Gasteiger partial charge in [-0.15, -0.1) is 0 Å². The highest BCUT2D eigenvalue weighted by molar-refractivity contribution is 5.81. The molecule has 0 aromatic rings. The molecule has 0 radical (unpaired) electrons. The minimum atomic E-state index is -0.250. The molecule has 0 aliphatic heterocycles. The van der Waals surface area contributed by atoms with Crippen LogP contribution in [-0.2, 0) is 9.53 Å². The summed E-state index contributed by atoms with van der Waals surface area (Å²) in [4.78, 5) is 11.1. The molecule has 17 heavy (non-hydrogen) atoms. The molecule has 3 atom stereocenters. The predicted molar refractivity (Wildman–Crippen MR) is 69.7 cm³/mol. The van der Waals surface area contributed by atoms with Crippen molar-refractivity contribution in [3.8, 4) is 0 Å². The highest BCUT2D eigenvalue weighted by atomic mass is 16.5. The maximum atomic E-state index is 11.1. The molecule has 1 aliphatic rings. The van der Waals surface area contributed by atoms with Crippen LogP contribution >= 0.6 is 0 Å². The van der Waals surface area contributed by atoms with Crippen LogP contribution in [0.15, 0.2) is 12.2 Å². The predicted octanol–water partition coefficient (Wildman–Crippen LogP) is 2.52. The summed E-state index contributed by atoms with van der Waals surface area (Å²) >= 11 is 0. The molecule has 1 saturated carbocycles. The number of hydrogen-bond donors (Lipinski definition) is 1. The number of nitrogens with one attached hydrogen (secondary N) is 1. The lowest BCUT2D eigenvalue weighted by molar-refractivity contribution is -0.137. The highest BCUT2D eigenvalue weighted by Gasteiger charge is 2.23. The standard InChI is InChI=1S/C14H25NO2/c1-4-17-14(16)6-5-9-15-13-8-7-11(2)12(3)10-13/h5-6,11-13,15H,4,7-10H2,1-3H3/b6-5+. The van der Waals surface area contributed by atoms with Gasteiger partial charge in [0, 0.05) is 18.7 Å². The molecule has 0 amide bonds. The van der Waals surface area contributed by atoms with Crippen molar-refractivity contribution < 1.29 is 9.53 Å². The van der Waals surface area contributed by atoms with E-state index in [1.54, 1.807) is 0 Å². The van der Waals surface area contributed by atoms with Gasteiger partial charge >= 0.3 is 5.97 Å². The molecule has 0 aromatic carbocycles. The first-order valence-electron chi connectivity index (χ1n) is 6.70. The van der Waals surface area contributed by atoms with Gasteiger partial charge in [0.25, 0.3) is 0 Å². The van der Waals surface area contributed by atoms with E-state index in [0.717, 1.165) is 18.4 Å². The van der Waals surface area contributed by atoms with Crippen LogP contribution in [0.25, 0.3) is 0 Å². The Morgan fingerprint density at radius 2 is 2.12 bits per heavy atom. The number of carbonyl (C=O) groups excluding carboxylic acids is 1. The Bertz CT molecular complexity index is 263. The van der Waals surface area contributed by atoms with Crippen LogP contribution in [0.4, 0.5) is 0 Å². The average Bonchev–Trinajstić information content (AvgIpc) is 2.29. The molecule has 1 aliphatic carbocycles. The summed E-state index contributed by atoms with van der Waals surface area (Å²) in [5.74, 6) is 1.40. The van der Waals surface area contributed by atoms with E-state index < -0.39 is 0 Å². The Hall–Kier alpha value is -0.830. The van der Waals surface area contributed by atoms with Crippen molar-refractivity contribution in [3.63, 3.8) is 0 Å². The number of esters is 1. The number of ether oxygens (including phenoxy) is 1. The lowest BCUT2D eigenvalue weighted by Gasteiger charge is -2.32. The second kappa shape index (κ2) is 7.49. The van der Waals surface area contributed by atoms with E-state index in [4.69, 9.17) is 4.74 Å². The van der Waals surface area contributed by atoms with Crippen molar-refractivity contribution in [2.75, 3.05) is 13.2 Å². The Kier molecular flexibility index (Phi) is 6.27. The summed E-state index contributed by atoms with van der Waals surface area (Å²) in [6.07, 6.45) is 7.15. The van der Waals surface area contributed by atoms with Crippen LogP contribution in [0.3, 0.4) is 0 Å². The van der Waals surface area contributed by atoms with Gasteiger partial charge in [-0.1, -0.05) is 19.9 Å². The van der Waals surface area contributed by atoms with Gasteiger partial charge in [0.2, 0.25) is 0 Å². The average molecular weight is 239 g/mol. The number of hydrogen-bond acceptors (Lipinski definition) is 3. The first kappa shape index (κ1) is 14.2. The Balaban J connectivity index is 2.16. The quantitative estimate of drug-likeness (QED) is 0.592. The second-order valence-corrected chi connectivity index (χ2v) is 5.03. The molecule has 3 nitrogen and oxygen atoms in total. The van der Waals surface area contributed by atoms with Crippen molar-refractivity contribution >= 4 is 5.97 Å². The van der Waals surface area contributed by atoms with E-state index in [1.807, 2.05) is 13.0 Å². The Labute approximate surface area is 105 Å². The lowest BCUT2D eigenvalue weighted by Crippen LogP contribution is -2.36. The molecule has 0 spiro atoms. The third-order valence-corrected chi connectivity index (χ3v) is 3.66. The summed E-state index contributed by atoms with van der Waals surface area (Å²) in [6.45, 7) is 7.67. The zero-order valence-corrected chi connectivity index (χ0v) is 11.2. The smallest absolute Gasteiger partial charge is 0.330 e. The third kappa shape index (κ3) is 5.35. The topological polar surface area (TPSA) is 38.3 Å². The molecule has 1 rings (SSSR count). The Morgan fingerprint density at radius 3 is 2.76 bits per heavy atom. The SMILES string of the molecule is CCOC(=O)/C=C/CNC1CCC(C)C(C)C1. The van der Waals surface area contributed by atoms with Crippen molar-refractivity contribution in [1.82, 2.24) is 5.32 Å². The van der Waals surface area contributed by atoms with Gasteiger partial charge in [0.1, 0.15) is 0 Å². The molecule has 3 heteroatoms. The summed E-state index contributed by atoms with van der Waals surface area (Å²) in [6, 6.07) is 0.605. The third-order valence-electron chi connectivity index (χ3n) is 3.66. The summed E-state index contributed by atoms with van der Waals surface area (Å²) < 4.78 is 4.81. The van der Waals surface area contributed by atoms with E-state index in [1.165, 1.54) is 25.3 Å². The van der Waals surface area contributed by atoms with E-state index in [9.17, 15) is 4.79 Å². The molecule has 0 aromatic heterocycles. The zero-order chi connectivity index (χ0) is 12.7. The van der Waals surface area contributed by atoms with Crippen LogP contribution < -0.4 is 5.32 Å². The van der Waals surface area contributed by atoms with Gasteiger partial charge < -0.3 is 10.1 Å². The fourth-order valence-electron chi connectivity index (χ4n) is 2.31. The van der Waals surface area contributed by atoms with E-state index in [-0.39, 0.29) is 5.97 Å². The summed E-state index contributed by atoms with van der Waals surface area (Å²) in [5, 5.41) is 3.48. The second-order valence-electron chi connectivity index (χ2n) is 5.03. The van der Waals surface area contributed by atoms with Crippen LogP contribution in [0.1, 0.15) is 40.0 Å². The molecule has 0 heterocycles. The van der Waals surface area contributed by atoms with E-state index in [0.29, 0.717) is 12.6 Å². The van der Waals surface area contributed by atoms with Gasteiger partial charge in [-0.3, -0.25) is 0 Å². The lowest BCUT2D eigenvalue weighted by atomic mass is 9.79. The van der Waals surface area contributed by atoms with Crippen molar-refractivity contribution in [1.29, 1.82) is 0 Å². The van der Waals surface area contributed by atoms with Crippen molar-refractivity contribution in [2.45, 2.75) is 46.1 Å². The van der Waals surface area contributed by atoms with Crippen LogP contribution in [0, 0.1) is 11.8 Å². The Morgan fingerprint density at radius 1 is 1.35 bits per heavy atom. The van der Waals surface area contributed by atoms with Crippen LogP contribution in [0.2, 0.25) is 0 Å². The summed E-state index contributed by atoms with van der Waals surface area (Å²) in [5.41, 5.74) is 0. The van der Waals surface area contributed by atoms with E-state index >= 15 is 0 Å². The number of rotatable bonds is 5. The highest BCUT2D eigenvalue weighted by Crippen LogP contribution is 2.29. The van der Waals surface area contributed by atoms with Crippen LogP contribution in [0.5, 0.6) is 0 Å². The van der Waals surface area contributed by atoms with Gasteiger partial charge in [-0.2, -0.15) is 0 Å². The first-order chi connectivity index (χ1) is 8.13. The molecule has 3 unspecified atom stereocenters. The number of carbonyl (C=O) groups is 1. The molecular formula is C14H25NO2. The largest absolute Gasteiger partial charge is 0.463 e. The fourth-order valence-corrected chi connectivity index (χ4v) is 2.31.